The quantitative estimate of drug-likeness (QED) is 0.544. The van der Waals surface area contributed by atoms with Gasteiger partial charge in [-0.25, -0.2) is 13.8 Å². The van der Waals surface area contributed by atoms with Gasteiger partial charge in [-0.1, -0.05) is 12.1 Å². The minimum Gasteiger partial charge on any atom is -0.454 e. The molecule has 1 atom stereocenters. The summed E-state index contributed by atoms with van der Waals surface area (Å²) in [5.74, 6) is -1.83. The monoisotopic (exact) mass is 376 g/mol. The molecule has 0 radical (unpaired) electrons. The Labute approximate surface area is 151 Å². The maximum atomic E-state index is 13.6. The van der Waals surface area contributed by atoms with Crippen LogP contribution in [0.2, 0.25) is 0 Å². The van der Waals surface area contributed by atoms with E-state index in [9.17, 15) is 18.4 Å². The number of nitrogens with zero attached hydrogens (tertiary/aromatic N) is 1. The minimum absolute atomic E-state index is 0.0202. The number of fused-ring (bicyclic) bond motifs is 1. The summed E-state index contributed by atoms with van der Waals surface area (Å²) in [6, 6.07) is 9.82. The number of carbonyl (C=O) groups is 1. The first-order valence-electron chi connectivity index (χ1n) is 7.70. The van der Waals surface area contributed by atoms with Crippen LogP contribution in [0.3, 0.4) is 0 Å². The standard InChI is InChI=1S/C18H14F2N2O3S/c1-10(17-21-14-5-3-2-4-12(14)18(24)22-17)25-16(23)9-26-15-8-11(19)6-7-13(15)20/h2-8,10H,9H2,1H3,(H,21,22,24)/t10-/m0/s1. The van der Waals surface area contributed by atoms with E-state index in [2.05, 4.69) is 9.97 Å². The van der Waals surface area contributed by atoms with Gasteiger partial charge in [-0.05, 0) is 37.3 Å². The lowest BCUT2D eigenvalue weighted by Gasteiger charge is -2.13. The number of hydrogen-bond donors (Lipinski definition) is 1. The van der Waals surface area contributed by atoms with Crippen molar-refractivity contribution in [2.24, 2.45) is 0 Å². The molecule has 26 heavy (non-hydrogen) atoms. The van der Waals surface area contributed by atoms with Gasteiger partial charge in [0.05, 0.1) is 16.7 Å². The molecular weight excluding hydrogens is 362 g/mol. The number of hydrogen-bond acceptors (Lipinski definition) is 5. The Morgan fingerprint density at radius 1 is 1.27 bits per heavy atom. The molecule has 0 aliphatic heterocycles. The molecule has 1 N–H and O–H groups in total. The molecule has 1 aromatic heterocycles. The fourth-order valence-corrected chi connectivity index (χ4v) is 3.05. The number of para-hydroxylation sites is 1. The van der Waals surface area contributed by atoms with Crippen molar-refractivity contribution in [2.75, 3.05) is 5.75 Å². The third kappa shape index (κ3) is 4.08. The van der Waals surface area contributed by atoms with Crippen molar-refractivity contribution in [3.63, 3.8) is 0 Å². The fraction of sp³-hybridized carbons (Fsp3) is 0.167. The number of nitrogens with one attached hydrogen (secondary N) is 1. The molecule has 0 saturated heterocycles. The maximum Gasteiger partial charge on any atom is 0.316 e. The predicted molar refractivity (Wildman–Crippen MR) is 94.0 cm³/mol. The maximum absolute atomic E-state index is 13.6. The van der Waals surface area contributed by atoms with Crippen molar-refractivity contribution in [3.8, 4) is 0 Å². The van der Waals surface area contributed by atoms with Crippen LogP contribution in [0.15, 0.2) is 52.2 Å². The highest BCUT2D eigenvalue weighted by Gasteiger charge is 2.16. The van der Waals surface area contributed by atoms with E-state index in [4.69, 9.17) is 4.74 Å². The summed E-state index contributed by atoms with van der Waals surface area (Å²) in [6.07, 6.45) is -0.794. The summed E-state index contributed by atoms with van der Waals surface area (Å²) in [7, 11) is 0. The highest BCUT2D eigenvalue weighted by molar-refractivity contribution is 8.00. The number of ether oxygens (including phenoxy) is 1. The molecule has 3 rings (SSSR count). The summed E-state index contributed by atoms with van der Waals surface area (Å²) in [6.45, 7) is 1.57. The number of carbonyl (C=O) groups excluding carboxylic acids is 1. The summed E-state index contributed by atoms with van der Waals surface area (Å²) in [4.78, 5) is 30.9. The molecule has 0 amide bonds. The van der Waals surface area contributed by atoms with Gasteiger partial charge < -0.3 is 9.72 Å². The summed E-state index contributed by atoms with van der Waals surface area (Å²) in [5.41, 5.74) is 0.162. The molecule has 5 nitrogen and oxygen atoms in total. The van der Waals surface area contributed by atoms with Crippen LogP contribution in [0.25, 0.3) is 10.9 Å². The third-order valence-corrected chi connectivity index (χ3v) is 4.57. The molecule has 8 heteroatoms. The van der Waals surface area contributed by atoms with E-state index in [1.807, 2.05) is 0 Å². The zero-order valence-electron chi connectivity index (χ0n) is 13.7. The molecule has 1 heterocycles. The van der Waals surface area contributed by atoms with E-state index in [0.29, 0.717) is 10.9 Å². The number of H-pyrrole nitrogens is 1. The molecule has 2 aromatic carbocycles. The van der Waals surface area contributed by atoms with Crippen molar-refractivity contribution in [1.82, 2.24) is 9.97 Å². The Morgan fingerprint density at radius 2 is 2.04 bits per heavy atom. The Kier molecular flexibility index (Phi) is 5.32. The second kappa shape index (κ2) is 7.65. The van der Waals surface area contributed by atoms with Crippen molar-refractivity contribution in [2.45, 2.75) is 17.9 Å². The second-order valence-electron chi connectivity index (χ2n) is 5.46. The SMILES string of the molecule is C[C@H](OC(=O)CSc1cc(F)ccc1F)c1nc2ccccc2c(=O)[nH]1. The highest BCUT2D eigenvalue weighted by atomic mass is 32.2. The molecule has 0 spiro atoms. The van der Waals surface area contributed by atoms with E-state index in [0.717, 1.165) is 30.0 Å². The summed E-state index contributed by atoms with van der Waals surface area (Å²) < 4.78 is 31.9. The zero-order valence-corrected chi connectivity index (χ0v) is 14.5. The smallest absolute Gasteiger partial charge is 0.316 e. The topological polar surface area (TPSA) is 72.0 Å². The van der Waals surface area contributed by atoms with Crippen molar-refractivity contribution >= 4 is 28.6 Å². The number of esters is 1. The van der Waals surface area contributed by atoms with Crippen molar-refractivity contribution in [1.29, 1.82) is 0 Å². The number of benzene rings is 2. The van der Waals surface area contributed by atoms with Gasteiger partial charge in [-0.2, -0.15) is 0 Å². The van der Waals surface area contributed by atoms with E-state index in [1.54, 1.807) is 31.2 Å². The zero-order chi connectivity index (χ0) is 18.7. The summed E-state index contributed by atoms with van der Waals surface area (Å²) >= 11 is 0.830. The van der Waals surface area contributed by atoms with Crippen LogP contribution in [-0.4, -0.2) is 21.7 Å². The number of rotatable bonds is 5. The van der Waals surface area contributed by atoms with Crippen molar-refractivity contribution < 1.29 is 18.3 Å². The van der Waals surface area contributed by atoms with Crippen LogP contribution in [0.5, 0.6) is 0 Å². The summed E-state index contributed by atoms with van der Waals surface area (Å²) in [5, 5.41) is 0.437. The highest BCUT2D eigenvalue weighted by Crippen LogP contribution is 2.23. The van der Waals surface area contributed by atoms with E-state index >= 15 is 0 Å². The van der Waals surface area contributed by atoms with Gasteiger partial charge in [0.15, 0.2) is 11.9 Å². The molecule has 3 aromatic rings. The van der Waals surface area contributed by atoms with Crippen molar-refractivity contribution in [3.05, 3.63) is 70.3 Å². The molecule has 0 aliphatic carbocycles. The Balaban J connectivity index is 1.67. The van der Waals surface area contributed by atoms with E-state index < -0.39 is 23.7 Å². The fourth-order valence-electron chi connectivity index (χ4n) is 2.31. The van der Waals surface area contributed by atoms with Crippen LogP contribution in [0.1, 0.15) is 18.9 Å². The van der Waals surface area contributed by atoms with Gasteiger partial charge in [0.25, 0.3) is 5.56 Å². The van der Waals surface area contributed by atoms with Gasteiger partial charge in [0.1, 0.15) is 11.6 Å². The number of thioether (sulfide) groups is 1. The Morgan fingerprint density at radius 3 is 2.85 bits per heavy atom. The van der Waals surface area contributed by atoms with Gasteiger partial charge >= 0.3 is 5.97 Å². The lowest BCUT2D eigenvalue weighted by Crippen LogP contribution is -2.18. The van der Waals surface area contributed by atoms with E-state index in [1.165, 1.54) is 0 Å². The van der Waals surface area contributed by atoms with Crippen LogP contribution >= 0.6 is 11.8 Å². The molecule has 134 valence electrons. The average Bonchev–Trinajstić information content (AvgIpc) is 2.62. The lowest BCUT2D eigenvalue weighted by atomic mass is 10.2. The Bertz CT molecular complexity index is 1020. The first kappa shape index (κ1) is 18.1. The normalized spacial score (nSPS) is 12.1. The first-order chi connectivity index (χ1) is 12.4. The molecule has 0 aliphatic rings. The van der Waals surface area contributed by atoms with E-state index in [-0.39, 0.29) is 22.0 Å². The van der Waals surface area contributed by atoms with Crippen LogP contribution in [0, 0.1) is 11.6 Å². The lowest BCUT2D eigenvalue weighted by molar-refractivity contribution is -0.145. The van der Waals surface area contributed by atoms with Crippen LogP contribution in [0.4, 0.5) is 8.78 Å². The molecular formula is C18H14F2N2O3S. The number of aromatic nitrogens is 2. The van der Waals surface area contributed by atoms with Gasteiger partial charge in [0.2, 0.25) is 0 Å². The average molecular weight is 376 g/mol. The van der Waals surface area contributed by atoms with Crippen LogP contribution in [-0.2, 0) is 9.53 Å². The minimum atomic E-state index is -0.794. The second-order valence-corrected chi connectivity index (χ2v) is 6.48. The first-order valence-corrected chi connectivity index (χ1v) is 8.69. The largest absolute Gasteiger partial charge is 0.454 e. The van der Waals surface area contributed by atoms with Crippen LogP contribution < -0.4 is 5.56 Å². The van der Waals surface area contributed by atoms with Gasteiger partial charge in [-0.15, -0.1) is 11.8 Å². The molecule has 0 bridgehead atoms. The predicted octanol–water partition coefficient (Wildman–Crippen LogP) is 3.60. The molecule has 0 saturated carbocycles. The molecule has 0 unspecified atom stereocenters. The van der Waals surface area contributed by atoms with Gasteiger partial charge in [0, 0.05) is 4.90 Å². The molecule has 0 fully saturated rings. The Hall–Kier alpha value is -2.74. The van der Waals surface area contributed by atoms with Gasteiger partial charge in [-0.3, -0.25) is 9.59 Å². The number of halogens is 2. The third-order valence-electron chi connectivity index (χ3n) is 3.56. The number of aromatic amines is 1.